The first kappa shape index (κ1) is 15.2. The maximum absolute atomic E-state index is 4.75. The van der Waals surface area contributed by atoms with Crippen LogP contribution < -0.4 is 15.5 Å². The summed E-state index contributed by atoms with van der Waals surface area (Å²) in [5.41, 5.74) is 4.15. The molecule has 0 radical (unpaired) electrons. The van der Waals surface area contributed by atoms with Crippen molar-refractivity contribution in [2.24, 2.45) is 10.9 Å². The van der Waals surface area contributed by atoms with Crippen LogP contribution in [-0.2, 0) is 13.0 Å². The molecule has 0 amide bonds. The lowest BCUT2D eigenvalue weighted by atomic mass is 10.00. The molecule has 1 aliphatic heterocycles. The summed E-state index contributed by atoms with van der Waals surface area (Å²) >= 11 is 0. The van der Waals surface area contributed by atoms with Gasteiger partial charge in [-0.1, -0.05) is 19.1 Å². The van der Waals surface area contributed by atoms with Crippen LogP contribution in [0.25, 0.3) is 0 Å². The summed E-state index contributed by atoms with van der Waals surface area (Å²) in [5, 5.41) is 6.86. The normalized spacial score (nSPS) is 24.0. The highest BCUT2D eigenvalue weighted by molar-refractivity contribution is 5.80. The van der Waals surface area contributed by atoms with Gasteiger partial charge in [-0.3, -0.25) is 0 Å². The van der Waals surface area contributed by atoms with Gasteiger partial charge in [-0.25, -0.2) is 4.99 Å². The maximum Gasteiger partial charge on any atom is 0.191 e. The van der Waals surface area contributed by atoms with Crippen LogP contribution in [-0.4, -0.2) is 32.1 Å². The predicted molar refractivity (Wildman–Crippen MR) is 93.6 cm³/mol. The first-order chi connectivity index (χ1) is 10.7. The van der Waals surface area contributed by atoms with E-state index in [1.807, 2.05) is 0 Å². The van der Waals surface area contributed by atoms with E-state index in [0.29, 0.717) is 6.04 Å². The molecular weight excluding hydrogens is 272 g/mol. The van der Waals surface area contributed by atoms with Gasteiger partial charge in [0.05, 0.1) is 6.54 Å². The monoisotopic (exact) mass is 300 g/mol. The summed E-state index contributed by atoms with van der Waals surface area (Å²) < 4.78 is 0. The molecule has 2 atom stereocenters. The smallest absolute Gasteiger partial charge is 0.191 e. The Hall–Kier alpha value is -1.71. The molecule has 1 aliphatic carbocycles. The van der Waals surface area contributed by atoms with Crippen LogP contribution in [0, 0.1) is 5.92 Å². The Morgan fingerprint density at radius 3 is 2.95 bits per heavy atom. The molecule has 22 heavy (non-hydrogen) atoms. The fourth-order valence-electron chi connectivity index (χ4n) is 3.13. The molecule has 1 heterocycles. The number of hydrogen-bond donors (Lipinski definition) is 2. The zero-order valence-electron chi connectivity index (χ0n) is 14.0. The molecule has 1 aromatic rings. The van der Waals surface area contributed by atoms with Gasteiger partial charge in [-0.05, 0) is 49.3 Å². The van der Waals surface area contributed by atoms with Crippen LogP contribution in [0.4, 0.5) is 5.69 Å². The quantitative estimate of drug-likeness (QED) is 0.663. The number of hydrogen-bond acceptors (Lipinski definition) is 2. The summed E-state index contributed by atoms with van der Waals surface area (Å²) in [7, 11) is 2.18. The lowest BCUT2D eigenvalue weighted by molar-refractivity contribution is 0.742. The fourth-order valence-corrected chi connectivity index (χ4v) is 3.13. The molecule has 4 heteroatoms. The van der Waals surface area contributed by atoms with E-state index in [-0.39, 0.29) is 0 Å². The average molecular weight is 300 g/mol. The summed E-state index contributed by atoms with van der Waals surface area (Å²) in [6, 6.07) is 7.41. The van der Waals surface area contributed by atoms with Gasteiger partial charge >= 0.3 is 0 Å². The number of rotatable bonds is 4. The molecule has 1 fully saturated rings. The van der Waals surface area contributed by atoms with Crippen LogP contribution in [0.1, 0.15) is 37.8 Å². The minimum atomic E-state index is 0.606. The van der Waals surface area contributed by atoms with Crippen LogP contribution in [0.15, 0.2) is 23.2 Å². The Balaban J connectivity index is 1.67. The number of guanidine groups is 1. The van der Waals surface area contributed by atoms with Crippen LogP contribution in [0.5, 0.6) is 0 Å². The van der Waals surface area contributed by atoms with Gasteiger partial charge in [0, 0.05) is 31.9 Å². The lowest BCUT2D eigenvalue weighted by Gasteiger charge is -2.27. The van der Waals surface area contributed by atoms with Gasteiger partial charge in [0.1, 0.15) is 0 Å². The van der Waals surface area contributed by atoms with E-state index in [0.717, 1.165) is 25.0 Å². The molecule has 1 aromatic carbocycles. The van der Waals surface area contributed by atoms with E-state index < -0.39 is 0 Å². The standard InChI is InChI=1S/C18H28N4/c1-4-19-18(21-16-10-13(16)2)20-12-14-7-8-17-15(11-14)6-5-9-22(17)3/h7-8,11,13,16H,4-6,9-10,12H2,1-3H3,(H2,19,20,21). The Morgan fingerprint density at radius 2 is 2.23 bits per heavy atom. The van der Waals surface area contributed by atoms with Crippen molar-refractivity contribution in [2.75, 3.05) is 25.0 Å². The highest BCUT2D eigenvalue weighted by atomic mass is 15.2. The summed E-state index contributed by atoms with van der Waals surface area (Å²) in [4.78, 5) is 7.10. The molecule has 120 valence electrons. The predicted octanol–water partition coefficient (Wildman–Crippen LogP) is 2.53. The third-order valence-electron chi connectivity index (χ3n) is 4.69. The second kappa shape index (κ2) is 6.59. The molecular formula is C18H28N4. The number of benzene rings is 1. The van der Waals surface area contributed by atoms with Gasteiger partial charge in [0.15, 0.2) is 5.96 Å². The first-order valence-electron chi connectivity index (χ1n) is 8.55. The van der Waals surface area contributed by atoms with Crippen molar-refractivity contribution in [3.8, 4) is 0 Å². The van der Waals surface area contributed by atoms with E-state index in [9.17, 15) is 0 Å². The minimum absolute atomic E-state index is 0.606. The average Bonchev–Trinajstić information content (AvgIpc) is 3.20. The van der Waals surface area contributed by atoms with Crippen molar-refractivity contribution in [3.63, 3.8) is 0 Å². The molecule has 3 rings (SSSR count). The number of aliphatic imine (C=N–C) groups is 1. The molecule has 1 saturated carbocycles. The zero-order chi connectivity index (χ0) is 15.5. The minimum Gasteiger partial charge on any atom is -0.374 e. The highest BCUT2D eigenvalue weighted by Crippen LogP contribution is 2.29. The number of nitrogens with zero attached hydrogens (tertiary/aromatic N) is 2. The molecule has 2 aliphatic rings. The zero-order valence-corrected chi connectivity index (χ0v) is 14.0. The third kappa shape index (κ3) is 3.54. The van der Waals surface area contributed by atoms with Crippen molar-refractivity contribution in [1.29, 1.82) is 0 Å². The van der Waals surface area contributed by atoms with Crippen molar-refractivity contribution >= 4 is 11.6 Å². The van der Waals surface area contributed by atoms with Crippen LogP contribution in [0.2, 0.25) is 0 Å². The van der Waals surface area contributed by atoms with Crippen molar-refractivity contribution in [2.45, 2.75) is 45.7 Å². The van der Waals surface area contributed by atoms with Crippen molar-refractivity contribution in [1.82, 2.24) is 10.6 Å². The first-order valence-corrected chi connectivity index (χ1v) is 8.55. The third-order valence-corrected chi connectivity index (χ3v) is 4.69. The number of anilines is 1. The van der Waals surface area contributed by atoms with E-state index >= 15 is 0 Å². The Morgan fingerprint density at radius 1 is 1.41 bits per heavy atom. The largest absolute Gasteiger partial charge is 0.374 e. The van der Waals surface area contributed by atoms with Crippen molar-refractivity contribution in [3.05, 3.63) is 29.3 Å². The molecule has 0 aromatic heterocycles. The lowest BCUT2D eigenvalue weighted by Crippen LogP contribution is -2.39. The molecule has 4 nitrogen and oxygen atoms in total. The van der Waals surface area contributed by atoms with Gasteiger partial charge in [-0.15, -0.1) is 0 Å². The van der Waals surface area contributed by atoms with E-state index in [4.69, 9.17) is 4.99 Å². The molecule has 2 N–H and O–H groups in total. The fraction of sp³-hybridized carbons (Fsp3) is 0.611. The summed E-state index contributed by atoms with van der Waals surface area (Å²) in [5.74, 6) is 1.73. The van der Waals surface area contributed by atoms with Gasteiger partial charge in [-0.2, -0.15) is 0 Å². The van der Waals surface area contributed by atoms with E-state index in [1.54, 1.807) is 0 Å². The topological polar surface area (TPSA) is 39.7 Å². The van der Waals surface area contributed by atoms with E-state index in [1.165, 1.54) is 42.6 Å². The van der Waals surface area contributed by atoms with E-state index in [2.05, 4.69) is 54.6 Å². The maximum atomic E-state index is 4.75. The summed E-state index contributed by atoms with van der Waals surface area (Å²) in [6.45, 7) is 7.21. The van der Waals surface area contributed by atoms with Gasteiger partial charge in [0.25, 0.3) is 0 Å². The Labute approximate surface area is 134 Å². The SMILES string of the molecule is CCNC(=NCc1ccc2c(c1)CCCN2C)NC1CC1C. The number of fused-ring (bicyclic) bond motifs is 1. The Kier molecular flexibility index (Phi) is 4.55. The highest BCUT2D eigenvalue weighted by Gasteiger charge is 2.33. The number of nitrogens with one attached hydrogen (secondary N) is 2. The van der Waals surface area contributed by atoms with Crippen LogP contribution >= 0.6 is 0 Å². The second-order valence-corrected chi connectivity index (χ2v) is 6.65. The molecule has 0 bridgehead atoms. The number of aryl methyl sites for hydroxylation is 1. The molecule has 0 saturated heterocycles. The van der Waals surface area contributed by atoms with Gasteiger partial charge in [0.2, 0.25) is 0 Å². The van der Waals surface area contributed by atoms with Gasteiger partial charge < -0.3 is 15.5 Å². The second-order valence-electron chi connectivity index (χ2n) is 6.65. The Bertz CT molecular complexity index is 552. The molecule has 0 spiro atoms. The summed E-state index contributed by atoms with van der Waals surface area (Å²) in [6.07, 6.45) is 3.70. The van der Waals surface area contributed by atoms with Crippen molar-refractivity contribution < 1.29 is 0 Å². The van der Waals surface area contributed by atoms with Crippen LogP contribution in [0.3, 0.4) is 0 Å². The molecule has 2 unspecified atom stereocenters.